The minimum Gasteiger partial charge on any atom is -0.490 e. The third kappa shape index (κ3) is 4.02. The van der Waals surface area contributed by atoms with Crippen molar-refractivity contribution in [1.82, 2.24) is 0 Å². The van der Waals surface area contributed by atoms with Gasteiger partial charge in [-0.05, 0) is 37.3 Å². The van der Waals surface area contributed by atoms with Crippen LogP contribution in [0.15, 0.2) is 30.3 Å². The number of hydrogen-bond donors (Lipinski definition) is 1. The summed E-state index contributed by atoms with van der Waals surface area (Å²) in [5.74, 6) is 0.672. The van der Waals surface area contributed by atoms with E-state index in [1.165, 1.54) is 0 Å². The molecule has 0 heterocycles. The van der Waals surface area contributed by atoms with Crippen LogP contribution in [-0.4, -0.2) is 24.8 Å². The quantitative estimate of drug-likeness (QED) is 0.838. The highest BCUT2D eigenvalue weighted by Gasteiger charge is 2.29. The van der Waals surface area contributed by atoms with Crippen molar-refractivity contribution in [1.29, 1.82) is 0 Å². The molecule has 1 aliphatic carbocycles. The molecule has 0 aromatic heterocycles. The van der Waals surface area contributed by atoms with E-state index < -0.39 is 10.1 Å². The Hall–Kier alpha value is -1.07. The van der Waals surface area contributed by atoms with Gasteiger partial charge in [-0.25, -0.2) is 0 Å². The number of para-hydroxylation sites is 1. The van der Waals surface area contributed by atoms with Gasteiger partial charge < -0.3 is 4.74 Å². The molecule has 5 heteroatoms. The molecule has 0 spiro atoms. The summed E-state index contributed by atoms with van der Waals surface area (Å²) in [6, 6.07) is 9.49. The van der Waals surface area contributed by atoms with Gasteiger partial charge in [0.1, 0.15) is 5.75 Å². The maximum Gasteiger partial charge on any atom is 0.265 e. The lowest BCUT2D eigenvalue weighted by molar-refractivity contribution is 0.205. The Bertz CT molecular complexity index is 455. The van der Waals surface area contributed by atoms with E-state index in [1.54, 1.807) is 0 Å². The van der Waals surface area contributed by atoms with Crippen molar-refractivity contribution in [2.24, 2.45) is 5.92 Å². The first-order chi connectivity index (χ1) is 8.03. The average Bonchev–Trinajstić information content (AvgIpc) is 2.64. The first-order valence-electron chi connectivity index (χ1n) is 5.70. The highest BCUT2D eigenvalue weighted by atomic mass is 32.2. The Morgan fingerprint density at radius 2 is 1.94 bits per heavy atom. The van der Waals surface area contributed by atoms with Crippen LogP contribution in [-0.2, 0) is 10.1 Å². The predicted molar refractivity (Wildman–Crippen MR) is 64.6 cm³/mol. The van der Waals surface area contributed by atoms with Crippen molar-refractivity contribution in [3.63, 3.8) is 0 Å². The molecule has 0 aliphatic heterocycles. The SMILES string of the molecule is O=S(=O)(O)CC1CCC(Oc2ccccc2)C1. The molecule has 0 amide bonds. The van der Waals surface area contributed by atoms with Crippen molar-refractivity contribution < 1.29 is 17.7 Å². The number of hydrogen-bond acceptors (Lipinski definition) is 3. The molecular formula is C12H16O4S. The zero-order valence-corrected chi connectivity index (χ0v) is 10.3. The fraction of sp³-hybridized carbons (Fsp3) is 0.500. The summed E-state index contributed by atoms with van der Waals surface area (Å²) >= 11 is 0. The van der Waals surface area contributed by atoms with Gasteiger partial charge in [-0.3, -0.25) is 4.55 Å². The largest absolute Gasteiger partial charge is 0.490 e. The molecule has 94 valence electrons. The predicted octanol–water partition coefficient (Wildman–Crippen LogP) is 2.12. The first-order valence-corrected chi connectivity index (χ1v) is 7.31. The van der Waals surface area contributed by atoms with Crippen LogP contribution in [0.4, 0.5) is 0 Å². The van der Waals surface area contributed by atoms with Gasteiger partial charge in [0.15, 0.2) is 0 Å². The van der Waals surface area contributed by atoms with E-state index in [0.717, 1.165) is 18.6 Å². The van der Waals surface area contributed by atoms with Gasteiger partial charge in [0.25, 0.3) is 10.1 Å². The van der Waals surface area contributed by atoms with Crippen LogP contribution in [0, 0.1) is 5.92 Å². The normalized spacial score (nSPS) is 24.8. The zero-order valence-electron chi connectivity index (χ0n) is 9.45. The zero-order chi connectivity index (χ0) is 12.3. The van der Waals surface area contributed by atoms with E-state index >= 15 is 0 Å². The minimum atomic E-state index is -3.86. The topological polar surface area (TPSA) is 63.6 Å². The van der Waals surface area contributed by atoms with E-state index in [9.17, 15) is 8.42 Å². The van der Waals surface area contributed by atoms with Crippen molar-refractivity contribution in [3.8, 4) is 5.75 Å². The summed E-state index contributed by atoms with van der Waals surface area (Å²) in [7, 11) is -3.86. The molecule has 1 aromatic rings. The third-order valence-corrected chi connectivity index (χ3v) is 3.88. The van der Waals surface area contributed by atoms with Crippen LogP contribution < -0.4 is 4.74 Å². The van der Waals surface area contributed by atoms with Crippen molar-refractivity contribution in [2.75, 3.05) is 5.75 Å². The van der Waals surface area contributed by atoms with Crippen molar-refractivity contribution in [3.05, 3.63) is 30.3 Å². The molecule has 2 rings (SSSR count). The summed E-state index contributed by atoms with van der Waals surface area (Å²) in [5.41, 5.74) is 0. The molecular weight excluding hydrogens is 240 g/mol. The Kier molecular flexibility index (Phi) is 3.69. The second-order valence-electron chi connectivity index (χ2n) is 4.48. The highest BCUT2D eigenvalue weighted by molar-refractivity contribution is 7.85. The molecule has 1 aliphatic rings. The summed E-state index contributed by atoms with van der Waals surface area (Å²) in [6.07, 6.45) is 2.38. The average molecular weight is 256 g/mol. The summed E-state index contributed by atoms with van der Waals surface area (Å²) in [5, 5.41) is 0. The maximum atomic E-state index is 10.8. The van der Waals surface area contributed by atoms with Crippen LogP contribution in [0.3, 0.4) is 0 Å². The van der Waals surface area contributed by atoms with Crippen LogP contribution in [0.1, 0.15) is 19.3 Å². The van der Waals surface area contributed by atoms with Gasteiger partial charge in [0.05, 0.1) is 11.9 Å². The summed E-state index contributed by atoms with van der Waals surface area (Å²) < 4.78 is 36.1. The van der Waals surface area contributed by atoms with E-state index in [2.05, 4.69) is 0 Å². The number of benzene rings is 1. The second-order valence-corrected chi connectivity index (χ2v) is 5.98. The molecule has 2 atom stereocenters. The number of rotatable bonds is 4. The smallest absolute Gasteiger partial charge is 0.265 e. The van der Waals surface area contributed by atoms with E-state index in [4.69, 9.17) is 9.29 Å². The molecule has 2 unspecified atom stereocenters. The van der Waals surface area contributed by atoms with Gasteiger partial charge in [0.2, 0.25) is 0 Å². The fourth-order valence-electron chi connectivity index (χ4n) is 2.28. The monoisotopic (exact) mass is 256 g/mol. The molecule has 0 bridgehead atoms. The molecule has 4 nitrogen and oxygen atoms in total. The van der Waals surface area contributed by atoms with Crippen molar-refractivity contribution >= 4 is 10.1 Å². The standard InChI is InChI=1S/C12H16O4S/c13-17(14,15)9-10-6-7-12(8-10)16-11-4-2-1-3-5-11/h1-5,10,12H,6-9H2,(H,13,14,15). The molecule has 1 N–H and O–H groups in total. The minimum absolute atomic E-state index is 0.0127. The van der Waals surface area contributed by atoms with Gasteiger partial charge in [-0.15, -0.1) is 0 Å². The van der Waals surface area contributed by atoms with Gasteiger partial charge in [0, 0.05) is 0 Å². The Labute approximate surface area is 101 Å². The molecule has 0 saturated heterocycles. The molecule has 17 heavy (non-hydrogen) atoms. The third-order valence-electron chi connectivity index (χ3n) is 2.99. The van der Waals surface area contributed by atoms with Crippen molar-refractivity contribution in [2.45, 2.75) is 25.4 Å². The van der Waals surface area contributed by atoms with E-state index in [0.29, 0.717) is 6.42 Å². The second kappa shape index (κ2) is 5.06. The molecule has 0 radical (unpaired) electrons. The maximum absolute atomic E-state index is 10.8. The molecule has 1 fully saturated rings. The Morgan fingerprint density at radius 3 is 2.59 bits per heavy atom. The highest BCUT2D eigenvalue weighted by Crippen LogP contribution is 2.29. The lowest BCUT2D eigenvalue weighted by Crippen LogP contribution is -2.16. The molecule has 1 aromatic carbocycles. The lowest BCUT2D eigenvalue weighted by Gasteiger charge is -2.13. The fourth-order valence-corrected chi connectivity index (χ4v) is 3.18. The van der Waals surface area contributed by atoms with Crippen LogP contribution in [0.2, 0.25) is 0 Å². The van der Waals surface area contributed by atoms with E-state index in [1.807, 2.05) is 30.3 Å². The Morgan fingerprint density at radius 1 is 1.24 bits per heavy atom. The van der Waals surface area contributed by atoms with Crippen LogP contribution in [0.25, 0.3) is 0 Å². The van der Waals surface area contributed by atoms with Gasteiger partial charge in [-0.1, -0.05) is 18.2 Å². The summed E-state index contributed by atoms with van der Waals surface area (Å²) in [4.78, 5) is 0. The van der Waals surface area contributed by atoms with Crippen LogP contribution in [0.5, 0.6) is 5.75 Å². The number of ether oxygens (including phenoxy) is 1. The molecule has 1 saturated carbocycles. The van der Waals surface area contributed by atoms with E-state index in [-0.39, 0.29) is 17.8 Å². The Balaban J connectivity index is 1.86. The van der Waals surface area contributed by atoms with Gasteiger partial charge >= 0.3 is 0 Å². The first kappa shape index (κ1) is 12.4. The van der Waals surface area contributed by atoms with Gasteiger partial charge in [-0.2, -0.15) is 8.42 Å². The lowest BCUT2D eigenvalue weighted by atomic mass is 10.1. The summed E-state index contributed by atoms with van der Waals surface area (Å²) in [6.45, 7) is 0. The van der Waals surface area contributed by atoms with Crippen LogP contribution >= 0.6 is 0 Å².